The zero-order valence-corrected chi connectivity index (χ0v) is 12.4. The number of rotatable bonds is 4. The molecule has 1 heterocycles. The van der Waals surface area contributed by atoms with Crippen molar-refractivity contribution in [3.8, 4) is 5.75 Å². The lowest BCUT2D eigenvalue weighted by Crippen LogP contribution is -2.30. The molecule has 0 amide bonds. The number of carboxylic acids is 1. The molecule has 2 atom stereocenters. The first-order chi connectivity index (χ1) is 9.77. The van der Waals surface area contributed by atoms with E-state index in [4.69, 9.17) is 9.84 Å². The Balaban J connectivity index is 2.33. The number of hydrogen-bond donors (Lipinski definition) is 1. The maximum absolute atomic E-state index is 13.9. The molecule has 1 aromatic carbocycles. The Kier molecular flexibility index (Phi) is 4.20. The SMILES string of the molecule is COc1ccc(S(=O)(=O)N2C[C@@H](C)[C@H](C(=O)O)C2)c(F)c1. The smallest absolute Gasteiger partial charge is 0.308 e. The highest BCUT2D eigenvalue weighted by Gasteiger charge is 2.41. The molecule has 0 aliphatic carbocycles. The summed E-state index contributed by atoms with van der Waals surface area (Å²) in [6.07, 6.45) is 0. The average molecular weight is 317 g/mol. The van der Waals surface area contributed by atoms with Gasteiger partial charge in [-0.1, -0.05) is 6.92 Å². The Morgan fingerprint density at radius 3 is 2.57 bits per heavy atom. The van der Waals surface area contributed by atoms with Gasteiger partial charge in [0.2, 0.25) is 10.0 Å². The fourth-order valence-electron chi connectivity index (χ4n) is 2.40. The van der Waals surface area contributed by atoms with Gasteiger partial charge >= 0.3 is 5.97 Å². The summed E-state index contributed by atoms with van der Waals surface area (Å²) in [5.41, 5.74) is 0. The van der Waals surface area contributed by atoms with Gasteiger partial charge in [0, 0.05) is 19.2 Å². The molecule has 0 unspecified atom stereocenters. The van der Waals surface area contributed by atoms with Crippen LogP contribution < -0.4 is 4.74 Å². The van der Waals surface area contributed by atoms with Crippen LogP contribution in [0.25, 0.3) is 0 Å². The van der Waals surface area contributed by atoms with E-state index in [2.05, 4.69) is 0 Å². The highest BCUT2D eigenvalue weighted by atomic mass is 32.2. The summed E-state index contributed by atoms with van der Waals surface area (Å²) in [6, 6.07) is 3.47. The molecule has 1 aromatic rings. The molecule has 0 saturated carbocycles. The van der Waals surface area contributed by atoms with Crippen molar-refractivity contribution in [1.29, 1.82) is 0 Å². The second-order valence-corrected chi connectivity index (χ2v) is 6.95. The minimum absolute atomic E-state index is 0.0603. The number of nitrogens with zero attached hydrogens (tertiary/aromatic N) is 1. The molecule has 1 saturated heterocycles. The first kappa shape index (κ1) is 15.7. The van der Waals surface area contributed by atoms with Gasteiger partial charge in [0.25, 0.3) is 0 Å². The van der Waals surface area contributed by atoms with Crippen LogP contribution in [0.1, 0.15) is 6.92 Å². The monoisotopic (exact) mass is 317 g/mol. The third kappa shape index (κ3) is 2.86. The number of sulfonamides is 1. The van der Waals surface area contributed by atoms with E-state index in [0.717, 1.165) is 16.4 Å². The lowest BCUT2D eigenvalue weighted by molar-refractivity contribution is -0.142. The van der Waals surface area contributed by atoms with Crippen LogP contribution in [0, 0.1) is 17.7 Å². The number of ether oxygens (including phenoxy) is 1. The number of hydrogen-bond acceptors (Lipinski definition) is 4. The number of carbonyl (C=O) groups is 1. The van der Waals surface area contributed by atoms with E-state index in [9.17, 15) is 17.6 Å². The first-order valence-electron chi connectivity index (χ1n) is 6.34. The summed E-state index contributed by atoms with van der Waals surface area (Å²) >= 11 is 0. The number of aliphatic carboxylic acids is 1. The van der Waals surface area contributed by atoms with Crippen molar-refractivity contribution in [2.75, 3.05) is 20.2 Å². The van der Waals surface area contributed by atoms with E-state index in [1.165, 1.54) is 13.2 Å². The zero-order valence-electron chi connectivity index (χ0n) is 11.6. The lowest BCUT2D eigenvalue weighted by Gasteiger charge is -2.16. The Labute approximate surface area is 122 Å². The first-order valence-corrected chi connectivity index (χ1v) is 7.78. The molecular formula is C13H16FNO5S. The van der Waals surface area contributed by atoms with Crippen molar-refractivity contribution in [3.05, 3.63) is 24.0 Å². The minimum Gasteiger partial charge on any atom is -0.497 e. The molecule has 1 N–H and O–H groups in total. The second-order valence-electron chi connectivity index (χ2n) is 5.04. The van der Waals surface area contributed by atoms with Gasteiger partial charge in [-0.15, -0.1) is 0 Å². The maximum Gasteiger partial charge on any atom is 0.308 e. The van der Waals surface area contributed by atoms with E-state index >= 15 is 0 Å². The number of methoxy groups -OCH3 is 1. The van der Waals surface area contributed by atoms with Gasteiger partial charge in [-0.3, -0.25) is 4.79 Å². The molecular weight excluding hydrogens is 301 g/mol. The van der Waals surface area contributed by atoms with Crippen molar-refractivity contribution in [3.63, 3.8) is 0 Å². The third-order valence-electron chi connectivity index (χ3n) is 3.65. The topological polar surface area (TPSA) is 83.9 Å². The molecule has 0 aromatic heterocycles. The van der Waals surface area contributed by atoms with Crippen LogP contribution in [0.2, 0.25) is 0 Å². The standard InChI is InChI=1S/C13H16FNO5S/c1-8-6-15(7-10(8)13(16)17)21(18,19)12-4-3-9(20-2)5-11(12)14/h3-5,8,10H,6-7H2,1-2H3,(H,16,17)/t8-,10-/m1/s1. The summed E-state index contributed by atoms with van der Waals surface area (Å²) in [7, 11) is -2.70. The van der Waals surface area contributed by atoms with Crippen molar-refractivity contribution < 1.29 is 27.4 Å². The normalized spacial score (nSPS) is 23.2. The quantitative estimate of drug-likeness (QED) is 0.901. The molecule has 2 rings (SSSR count). The average Bonchev–Trinajstić information content (AvgIpc) is 2.81. The van der Waals surface area contributed by atoms with Gasteiger partial charge < -0.3 is 9.84 Å². The number of benzene rings is 1. The van der Waals surface area contributed by atoms with Crippen LogP contribution in [0.15, 0.2) is 23.1 Å². The molecule has 1 aliphatic heterocycles. The van der Waals surface area contributed by atoms with Crippen molar-refractivity contribution in [2.24, 2.45) is 11.8 Å². The predicted octanol–water partition coefficient (Wildman–Crippen LogP) is 1.18. The molecule has 0 bridgehead atoms. The molecule has 1 fully saturated rings. The van der Waals surface area contributed by atoms with Gasteiger partial charge in [-0.05, 0) is 18.1 Å². The fourth-order valence-corrected chi connectivity index (χ4v) is 4.01. The third-order valence-corrected chi connectivity index (χ3v) is 5.52. The summed E-state index contributed by atoms with van der Waals surface area (Å²) in [4.78, 5) is 10.6. The molecule has 6 nitrogen and oxygen atoms in total. The van der Waals surface area contributed by atoms with E-state index < -0.39 is 32.6 Å². The Bertz CT molecular complexity index is 661. The predicted molar refractivity (Wildman–Crippen MR) is 72.0 cm³/mol. The summed E-state index contributed by atoms with van der Waals surface area (Å²) in [6.45, 7) is 1.58. The van der Waals surface area contributed by atoms with Gasteiger partial charge in [-0.2, -0.15) is 4.31 Å². The van der Waals surface area contributed by atoms with Crippen molar-refractivity contribution in [1.82, 2.24) is 4.31 Å². The molecule has 1 aliphatic rings. The Hall–Kier alpha value is -1.67. The van der Waals surface area contributed by atoms with E-state index in [-0.39, 0.29) is 24.8 Å². The molecule has 8 heteroatoms. The van der Waals surface area contributed by atoms with E-state index in [1.54, 1.807) is 6.92 Å². The highest BCUT2D eigenvalue weighted by molar-refractivity contribution is 7.89. The Morgan fingerprint density at radius 1 is 1.43 bits per heavy atom. The minimum atomic E-state index is -4.05. The van der Waals surface area contributed by atoms with Gasteiger partial charge in [-0.25, -0.2) is 12.8 Å². The summed E-state index contributed by atoms with van der Waals surface area (Å²) in [5, 5.41) is 9.05. The van der Waals surface area contributed by atoms with E-state index in [1.807, 2.05) is 0 Å². The Morgan fingerprint density at radius 2 is 2.10 bits per heavy atom. The van der Waals surface area contributed by atoms with Gasteiger partial charge in [0.1, 0.15) is 16.5 Å². The van der Waals surface area contributed by atoms with Crippen molar-refractivity contribution >= 4 is 16.0 Å². The molecule has 0 radical (unpaired) electrons. The largest absolute Gasteiger partial charge is 0.497 e. The van der Waals surface area contributed by atoms with Crippen LogP contribution in [0.4, 0.5) is 4.39 Å². The zero-order chi connectivity index (χ0) is 15.8. The maximum atomic E-state index is 13.9. The number of halogens is 1. The highest BCUT2D eigenvalue weighted by Crippen LogP contribution is 2.30. The molecule has 0 spiro atoms. The van der Waals surface area contributed by atoms with Crippen LogP contribution in [0.5, 0.6) is 5.75 Å². The summed E-state index contributed by atoms with van der Waals surface area (Å²) < 4.78 is 44.6. The molecule has 116 valence electrons. The van der Waals surface area contributed by atoms with Gasteiger partial charge in [0.05, 0.1) is 13.0 Å². The number of carboxylic acid groups (broad SMARTS) is 1. The second kappa shape index (κ2) is 5.61. The molecule has 21 heavy (non-hydrogen) atoms. The lowest BCUT2D eigenvalue weighted by atomic mass is 9.99. The van der Waals surface area contributed by atoms with E-state index in [0.29, 0.717) is 0 Å². The van der Waals surface area contributed by atoms with Crippen LogP contribution in [0.3, 0.4) is 0 Å². The fraction of sp³-hybridized carbons (Fsp3) is 0.462. The summed E-state index contributed by atoms with van der Waals surface area (Å²) in [5.74, 6) is -2.85. The van der Waals surface area contributed by atoms with Crippen molar-refractivity contribution in [2.45, 2.75) is 11.8 Å². The van der Waals surface area contributed by atoms with Crippen LogP contribution >= 0.6 is 0 Å². The van der Waals surface area contributed by atoms with Crippen LogP contribution in [-0.4, -0.2) is 44.0 Å². The van der Waals surface area contributed by atoms with Gasteiger partial charge in [0.15, 0.2) is 0 Å². The van der Waals surface area contributed by atoms with Crippen LogP contribution in [-0.2, 0) is 14.8 Å².